The zero-order valence-electron chi connectivity index (χ0n) is 11.6. The van der Waals surface area contributed by atoms with E-state index in [0.717, 1.165) is 19.3 Å². The van der Waals surface area contributed by atoms with Crippen LogP contribution in [0.4, 0.5) is 0 Å². The molecule has 3 heteroatoms. The molecule has 2 aliphatic rings. The Morgan fingerprint density at radius 3 is 2.44 bits per heavy atom. The molecule has 0 amide bonds. The van der Waals surface area contributed by atoms with E-state index in [0.29, 0.717) is 6.42 Å². The van der Waals surface area contributed by atoms with Gasteiger partial charge < -0.3 is 0 Å². The summed E-state index contributed by atoms with van der Waals surface area (Å²) < 4.78 is 0.0254. The number of halogens is 2. The van der Waals surface area contributed by atoms with Crippen molar-refractivity contribution in [2.75, 3.05) is 0 Å². The highest BCUT2D eigenvalue weighted by Gasteiger charge is 2.55. The number of ketones is 1. The standard InChI is InChI=1S/C15H22BrClO/c1-10-7-11(18)8-13(2,3)15(10)6-5-14(4,16)12(17)9-15/h7,12H,5-6,8-9H2,1-4H3/t12-,14-,15-/m0/s1. The number of hydrogen-bond donors (Lipinski definition) is 0. The summed E-state index contributed by atoms with van der Waals surface area (Å²) in [5.74, 6) is 0.265. The van der Waals surface area contributed by atoms with E-state index in [1.165, 1.54) is 5.57 Å². The third-order valence-electron chi connectivity index (χ3n) is 5.27. The van der Waals surface area contributed by atoms with Crippen molar-refractivity contribution >= 4 is 33.3 Å². The van der Waals surface area contributed by atoms with Crippen molar-refractivity contribution in [3.8, 4) is 0 Å². The van der Waals surface area contributed by atoms with Gasteiger partial charge in [-0.15, -0.1) is 11.6 Å². The molecule has 1 nitrogen and oxygen atoms in total. The zero-order chi connectivity index (χ0) is 13.8. The van der Waals surface area contributed by atoms with Crippen LogP contribution < -0.4 is 0 Å². The highest BCUT2D eigenvalue weighted by Crippen LogP contribution is 2.61. The fraction of sp³-hybridized carbons (Fsp3) is 0.800. The Morgan fingerprint density at radius 1 is 1.33 bits per heavy atom. The van der Waals surface area contributed by atoms with Crippen LogP contribution in [0.1, 0.15) is 53.4 Å². The third-order valence-corrected chi connectivity index (χ3v) is 7.11. The van der Waals surface area contributed by atoms with E-state index in [2.05, 4.69) is 43.6 Å². The molecule has 0 N–H and O–H groups in total. The van der Waals surface area contributed by atoms with Crippen LogP contribution in [0.5, 0.6) is 0 Å². The van der Waals surface area contributed by atoms with Gasteiger partial charge in [0.25, 0.3) is 0 Å². The molecule has 0 aromatic rings. The molecule has 0 aromatic heterocycles. The Kier molecular flexibility index (Phi) is 3.52. The molecular formula is C15H22BrClO. The Hall–Kier alpha value is 0.180. The SMILES string of the molecule is CC1=CC(=O)CC(C)(C)[C@]12CC[C@](C)(Br)[C@@H](Cl)C2. The summed E-state index contributed by atoms with van der Waals surface area (Å²) in [6.45, 7) is 8.74. The second kappa shape index (κ2) is 4.34. The summed E-state index contributed by atoms with van der Waals surface area (Å²) >= 11 is 10.4. The lowest BCUT2D eigenvalue weighted by molar-refractivity contribution is -0.120. The van der Waals surface area contributed by atoms with Crippen LogP contribution in [0, 0.1) is 10.8 Å². The topological polar surface area (TPSA) is 17.1 Å². The first-order valence-corrected chi connectivity index (χ1v) is 7.88. The molecule has 0 aliphatic heterocycles. The first-order valence-electron chi connectivity index (χ1n) is 6.65. The van der Waals surface area contributed by atoms with Gasteiger partial charge in [0.15, 0.2) is 5.78 Å². The minimum Gasteiger partial charge on any atom is -0.295 e. The van der Waals surface area contributed by atoms with E-state index >= 15 is 0 Å². The van der Waals surface area contributed by atoms with Gasteiger partial charge in [-0.05, 0) is 50.0 Å². The Labute approximate surface area is 123 Å². The normalized spacial score (nSPS) is 44.0. The molecule has 18 heavy (non-hydrogen) atoms. The fourth-order valence-corrected chi connectivity index (χ4v) is 4.51. The van der Waals surface area contributed by atoms with Crippen LogP contribution in [0.15, 0.2) is 11.6 Å². The van der Waals surface area contributed by atoms with Gasteiger partial charge in [-0.2, -0.15) is 0 Å². The minimum absolute atomic E-state index is 0.0134. The molecule has 3 atom stereocenters. The monoisotopic (exact) mass is 332 g/mol. The highest BCUT2D eigenvalue weighted by molar-refractivity contribution is 9.10. The molecule has 0 saturated heterocycles. The predicted octanol–water partition coefficient (Wildman–Crippen LogP) is 4.86. The number of carbonyl (C=O) groups excluding carboxylic acids is 1. The van der Waals surface area contributed by atoms with Crippen LogP contribution in [0.2, 0.25) is 0 Å². The highest BCUT2D eigenvalue weighted by atomic mass is 79.9. The molecule has 0 radical (unpaired) electrons. The second-order valence-corrected chi connectivity index (χ2v) is 9.22. The van der Waals surface area contributed by atoms with Crippen LogP contribution in [0.25, 0.3) is 0 Å². The molecule has 1 spiro atoms. The number of rotatable bonds is 0. The molecule has 0 aromatic carbocycles. The number of allylic oxidation sites excluding steroid dienone is 2. The number of alkyl halides is 2. The third kappa shape index (κ3) is 2.10. The lowest BCUT2D eigenvalue weighted by atomic mass is 9.51. The van der Waals surface area contributed by atoms with Crippen LogP contribution in [-0.2, 0) is 4.79 Å². The molecule has 0 heterocycles. The fourth-order valence-electron chi connectivity index (χ4n) is 3.78. The average Bonchev–Trinajstić information content (AvgIpc) is 2.19. The van der Waals surface area contributed by atoms with Gasteiger partial charge in [-0.3, -0.25) is 4.79 Å². The van der Waals surface area contributed by atoms with E-state index in [1.807, 2.05) is 6.08 Å². The first kappa shape index (κ1) is 14.6. The molecule has 2 aliphatic carbocycles. The predicted molar refractivity (Wildman–Crippen MR) is 80.4 cm³/mol. The van der Waals surface area contributed by atoms with E-state index in [9.17, 15) is 4.79 Å². The maximum absolute atomic E-state index is 11.8. The molecule has 1 fully saturated rings. The van der Waals surface area contributed by atoms with E-state index in [1.54, 1.807) is 0 Å². The molecule has 0 unspecified atom stereocenters. The van der Waals surface area contributed by atoms with Crippen molar-refractivity contribution in [1.29, 1.82) is 0 Å². The maximum atomic E-state index is 11.8. The summed E-state index contributed by atoms with van der Waals surface area (Å²) in [5, 5.41) is 0.113. The Balaban J connectivity index is 2.42. The second-order valence-electron chi connectivity index (χ2n) is 6.89. The summed E-state index contributed by atoms with van der Waals surface area (Å²) in [6.07, 6.45) is 5.63. The molecule has 102 valence electrons. The van der Waals surface area contributed by atoms with Gasteiger partial charge >= 0.3 is 0 Å². The van der Waals surface area contributed by atoms with Crippen molar-refractivity contribution in [1.82, 2.24) is 0 Å². The van der Waals surface area contributed by atoms with E-state index in [-0.39, 0.29) is 26.3 Å². The largest absolute Gasteiger partial charge is 0.295 e. The van der Waals surface area contributed by atoms with Crippen LogP contribution in [0.3, 0.4) is 0 Å². The number of carbonyl (C=O) groups is 1. The molecule has 1 saturated carbocycles. The maximum Gasteiger partial charge on any atom is 0.156 e. The van der Waals surface area contributed by atoms with Gasteiger partial charge in [0.05, 0.1) is 0 Å². The lowest BCUT2D eigenvalue weighted by Gasteiger charge is -2.56. The van der Waals surface area contributed by atoms with Crippen LogP contribution in [-0.4, -0.2) is 15.5 Å². The van der Waals surface area contributed by atoms with Crippen molar-refractivity contribution < 1.29 is 4.79 Å². The summed E-state index contributed by atoms with van der Waals surface area (Å²) in [7, 11) is 0. The summed E-state index contributed by atoms with van der Waals surface area (Å²) in [6, 6.07) is 0. The van der Waals surface area contributed by atoms with Gasteiger partial charge in [-0.25, -0.2) is 0 Å². The Bertz CT molecular complexity index is 411. The quantitative estimate of drug-likeness (QED) is 0.578. The Morgan fingerprint density at radius 2 is 1.94 bits per heavy atom. The van der Waals surface area contributed by atoms with Crippen molar-refractivity contribution in [3.05, 3.63) is 11.6 Å². The molecular weight excluding hydrogens is 312 g/mol. The van der Waals surface area contributed by atoms with E-state index in [4.69, 9.17) is 11.6 Å². The molecule has 2 rings (SSSR count). The molecule has 0 bridgehead atoms. The van der Waals surface area contributed by atoms with Gasteiger partial charge in [-0.1, -0.05) is 35.4 Å². The zero-order valence-corrected chi connectivity index (χ0v) is 14.0. The summed E-state index contributed by atoms with van der Waals surface area (Å²) in [4.78, 5) is 11.8. The van der Waals surface area contributed by atoms with Crippen molar-refractivity contribution in [3.63, 3.8) is 0 Å². The lowest BCUT2D eigenvalue weighted by Crippen LogP contribution is -2.51. The minimum atomic E-state index is 0.0134. The average molecular weight is 334 g/mol. The summed E-state index contributed by atoms with van der Waals surface area (Å²) in [5.41, 5.74) is 1.34. The van der Waals surface area contributed by atoms with Crippen molar-refractivity contribution in [2.24, 2.45) is 10.8 Å². The van der Waals surface area contributed by atoms with E-state index < -0.39 is 0 Å². The number of hydrogen-bond acceptors (Lipinski definition) is 1. The van der Waals surface area contributed by atoms with Crippen molar-refractivity contribution in [2.45, 2.75) is 63.1 Å². The van der Waals surface area contributed by atoms with Gasteiger partial charge in [0, 0.05) is 16.1 Å². The van der Waals surface area contributed by atoms with Crippen LogP contribution >= 0.6 is 27.5 Å². The first-order chi connectivity index (χ1) is 8.11. The van der Waals surface area contributed by atoms with Gasteiger partial charge in [0.1, 0.15) is 0 Å². The smallest absolute Gasteiger partial charge is 0.156 e. The van der Waals surface area contributed by atoms with Gasteiger partial charge in [0.2, 0.25) is 0 Å².